The molecule has 2 rings (SSSR count). The minimum absolute atomic E-state index is 0.0545. The molecule has 0 radical (unpaired) electrons. The molecule has 0 bridgehead atoms. The van der Waals surface area contributed by atoms with Gasteiger partial charge in [0.25, 0.3) is 0 Å². The number of hydrogen-bond acceptors (Lipinski definition) is 6. The van der Waals surface area contributed by atoms with Gasteiger partial charge in [-0.05, 0) is 50.0 Å². The zero-order chi connectivity index (χ0) is 18.9. The first-order chi connectivity index (χ1) is 12.5. The van der Waals surface area contributed by atoms with Gasteiger partial charge in [-0.25, -0.2) is 0 Å². The van der Waals surface area contributed by atoms with Gasteiger partial charge in [0.15, 0.2) is 0 Å². The molecule has 142 valence electrons. The Bertz CT molecular complexity index is 650. The Kier molecular flexibility index (Phi) is 8.38. The fourth-order valence-corrected chi connectivity index (χ4v) is 4.22. The van der Waals surface area contributed by atoms with Gasteiger partial charge in [0.05, 0.1) is 6.61 Å². The average Bonchev–Trinajstić information content (AvgIpc) is 2.76. The molecular formula is C19H25NO4S2. The number of carbonyl (C=O) groups excluding carboxylic acids is 2. The Morgan fingerprint density at radius 2 is 2.08 bits per heavy atom. The standard InChI is InChI=1S/C19H25NO4S2/c1-3-23-19(25)26-16(13-24-14(2)21)11-12-20-17-9-5-4-7-15(17)8-6-10-18(20)22/h4-5,7,9,16H,3,6,8,10-13H2,1-2H3. The molecule has 1 aliphatic heterocycles. The quantitative estimate of drug-likeness (QED) is 0.518. The van der Waals surface area contributed by atoms with Gasteiger partial charge in [-0.3, -0.25) is 9.59 Å². The highest BCUT2D eigenvalue weighted by molar-refractivity contribution is 8.23. The van der Waals surface area contributed by atoms with E-state index < -0.39 is 0 Å². The normalized spacial score (nSPS) is 15.0. The van der Waals surface area contributed by atoms with Gasteiger partial charge in [-0.15, -0.1) is 0 Å². The predicted molar refractivity (Wildman–Crippen MR) is 109 cm³/mol. The van der Waals surface area contributed by atoms with E-state index in [9.17, 15) is 9.59 Å². The van der Waals surface area contributed by atoms with Gasteiger partial charge < -0.3 is 14.4 Å². The molecule has 0 saturated heterocycles. The number of nitrogens with zero attached hydrogens (tertiary/aromatic N) is 1. The number of fused-ring (bicyclic) bond motifs is 1. The summed E-state index contributed by atoms with van der Waals surface area (Å²) in [5.74, 6) is -0.187. The van der Waals surface area contributed by atoms with Crippen LogP contribution in [-0.4, -0.2) is 41.3 Å². The van der Waals surface area contributed by atoms with Crippen molar-refractivity contribution in [2.45, 2.75) is 44.8 Å². The number of thioether (sulfide) groups is 1. The zero-order valence-corrected chi connectivity index (χ0v) is 16.9. The molecule has 5 nitrogen and oxygen atoms in total. The summed E-state index contributed by atoms with van der Waals surface area (Å²) in [6.07, 6.45) is 2.99. The molecule has 1 aromatic rings. The molecule has 1 unspecified atom stereocenters. The molecule has 7 heteroatoms. The number of amides is 1. The first-order valence-electron chi connectivity index (χ1n) is 8.86. The summed E-state index contributed by atoms with van der Waals surface area (Å²) in [6.45, 7) is 4.57. The van der Waals surface area contributed by atoms with Crippen LogP contribution in [0.5, 0.6) is 0 Å². The van der Waals surface area contributed by atoms with Crippen LogP contribution in [0.4, 0.5) is 5.69 Å². The number of thiocarbonyl (C=S) groups is 1. The molecule has 0 aromatic heterocycles. The van der Waals surface area contributed by atoms with E-state index in [1.54, 1.807) is 0 Å². The number of aryl methyl sites for hydroxylation is 1. The summed E-state index contributed by atoms with van der Waals surface area (Å²) in [7, 11) is 0. The van der Waals surface area contributed by atoms with E-state index in [0.29, 0.717) is 30.4 Å². The summed E-state index contributed by atoms with van der Waals surface area (Å²) in [5, 5.41) is -0.0545. The maximum absolute atomic E-state index is 12.6. The fourth-order valence-electron chi connectivity index (χ4n) is 2.88. The van der Waals surface area contributed by atoms with Crippen molar-refractivity contribution in [1.82, 2.24) is 0 Å². The highest BCUT2D eigenvalue weighted by Gasteiger charge is 2.24. The van der Waals surface area contributed by atoms with Crippen LogP contribution in [0.25, 0.3) is 0 Å². The Balaban J connectivity index is 2.06. The van der Waals surface area contributed by atoms with Gasteiger partial charge >= 0.3 is 5.97 Å². The number of ether oxygens (including phenoxy) is 2. The van der Waals surface area contributed by atoms with Crippen molar-refractivity contribution in [2.24, 2.45) is 0 Å². The molecular weight excluding hydrogens is 370 g/mol. The van der Waals surface area contributed by atoms with Gasteiger partial charge in [-0.2, -0.15) is 0 Å². The Morgan fingerprint density at radius 3 is 2.81 bits per heavy atom. The van der Waals surface area contributed by atoms with Crippen LogP contribution in [-0.2, 0) is 25.5 Å². The Morgan fingerprint density at radius 1 is 1.31 bits per heavy atom. The van der Waals surface area contributed by atoms with Crippen LogP contribution in [0.15, 0.2) is 24.3 Å². The van der Waals surface area contributed by atoms with Crippen LogP contribution in [0.1, 0.15) is 38.7 Å². The summed E-state index contributed by atoms with van der Waals surface area (Å²) >= 11 is 6.59. The lowest BCUT2D eigenvalue weighted by Crippen LogP contribution is -2.33. The summed E-state index contributed by atoms with van der Waals surface area (Å²) in [6, 6.07) is 8.04. The monoisotopic (exact) mass is 395 g/mol. The average molecular weight is 396 g/mol. The number of benzene rings is 1. The first-order valence-corrected chi connectivity index (χ1v) is 10.1. The van der Waals surface area contributed by atoms with Crippen molar-refractivity contribution in [3.63, 3.8) is 0 Å². The van der Waals surface area contributed by atoms with E-state index in [1.165, 1.54) is 24.2 Å². The topological polar surface area (TPSA) is 55.8 Å². The van der Waals surface area contributed by atoms with E-state index in [1.807, 2.05) is 30.0 Å². The van der Waals surface area contributed by atoms with Crippen molar-refractivity contribution in [2.75, 3.05) is 24.7 Å². The van der Waals surface area contributed by atoms with Crippen molar-refractivity contribution < 1.29 is 19.1 Å². The number of esters is 1. The maximum atomic E-state index is 12.6. The fraction of sp³-hybridized carbons (Fsp3) is 0.526. The van der Waals surface area contributed by atoms with E-state index in [2.05, 4.69) is 6.07 Å². The number of rotatable bonds is 7. The zero-order valence-electron chi connectivity index (χ0n) is 15.2. The van der Waals surface area contributed by atoms with Crippen LogP contribution in [0, 0.1) is 0 Å². The Hall–Kier alpha value is -1.60. The molecule has 0 saturated carbocycles. The third-order valence-electron chi connectivity index (χ3n) is 4.09. The second kappa shape index (κ2) is 10.5. The minimum Gasteiger partial charge on any atom is -0.479 e. The number of carbonyl (C=O) groups is 2. The van der Waals surface area contributed by atoms with E-state index in [4.69, 9.17) is 21.7 Å². The molecule has 0 fully saturated rings. The van der Waals surface area contributed by atoms with Crippen molar-refractivity contribution >= 4 is 45.9 Å². The molecule has 26 heavy (non-hydrogen) atoms. The Labute approximate surface area is 164 Å². The van der Waals surface area contributed by atoms with E-state index in [-0.39, 0.29) is 23.7 Å². The highest BCUT2D eigenvalue weighted by atomic mass is 32.2. The summed E-state index contributed by atoms with van der Waals surface area (Å²) in [5.41, 5.74) is 2.19. The number of hydrogen-bond donors (Lipinski definition) is 0. The van der Waals surface area contributed by atoms with Gasteiger partial charge in [0.2, 0.25) is 10.3 Å². The lowest BCUT2D eigenvalue weighted by molar-refractivity contribution is -0.140. The third kappa shape index (κ3) is 6.29. The molecule has 1 amide bonds. The van der Waals surface area contributed by atoms with Gasteiger partial charge in [0.1, 0.15) is 6.61 Å². The van der Waals surface area contributed by atoms with Crippen LogP contribution in [0.2, 0.25) is 0 Å². The number of anilines is 1. The molecule has 0 aliphatic carbocycles. The SMILES string of the molecule is CCOC(=S)SC(CCN1C(=O)CCCc2ccccc21)COC(C)=O. The van der Waals surface area contributed by atoms with E-state index in [0.717, 1.165) is 18.5 Å². The second-order valence-corrected chi connectivity index (χ2v) is 7.94. The lowest BCUT2D eigenvalue weighted by atomic mass is 10.1. The summed E-state index contributed by atoms with van der Waals surface area (Å²) < 4.78 is 10.9. The van der Waals surface area contributed by atoms with Crippen molar-refractivity contribution in [1.29, 1.82) is 0 Å². The molecule has 1 heterocycles. The van der Waals surface area contributed by atoms with Gasteiger partial charge in [0, 0.05) is 30.8 Å². The summed E-state index contributed by atoms with van der Waals surface area (Å²) in [4.78, 5) is 25.6. The van der Waals surface area contributed by atoms with Crippen LogP contribution >= 0.6 is 24.0 Å². The first kappa shape index (κ1) is 20.7. The molecule has 1 atom stereocenters. The predicted octanol–water partition coefficient (Wildman–Crippen LogP) is 3.73. The highest BCUT2D eigenvalue weighted by Crippen LogP contribution is 2.28. The van der Waals surface area contributed by atoms with Crippen molar-refractivity contribution in [3.8, 4) is 0 Å². The molecule has 1 aliphatic rings. The molecule has 0 N–H and O–H groups in total. The number of para-hydroxylation sites is 1. The maximum Gasteiger partial charge on any atom is 0.302 e. The van der Waals surface area contributed by atoms with Crippen LogP contribution < -0.4 is 4.90 Å². The third-order valence-corrected chi connectivity index (χ3v) is 5.51. The van der Waals surface area contributed by atoms with Gasteiger partial charge in [-0.1, -0.05) is 30.0 Å². The van der Waals surface area contributed by atoms with Crippen molar-refractivity contribution in [3.05, 3.63) is 29.8 Å². The molecule has 0 spiro atoms. The molecule has 1 aromatic carbocycles. The van der Waals surface area contributed by atoms with E-state index >= 15 is 0 Å². The lowest BCUT2D eigenvalue weighted by Gasteiger charge is -2.25. The minimum atomic E-state index is -0.325. The van der Waals surface area contributed by atoms with Crippen LogP contribution in [0.3, 0.4) is 0 Å². The largest absolute Gasteiger partial charge is 0.479 e. The second-order valence-electron chi connectivity index (χ2n) is 6.04. The smallest absolute Gasteiger partial charge is 0.302 e.